The predicted molar refractivity (Wildman–Crippen MR) is 290 cm³/mol. The van der Waals surface area contributed by atoms with E-state index in [-0.39, 0.29) is 50.6 Å². The number of nitrogens with one attached hydrogen (secondary N) is 3. The van der Waals surface area contributed by atoms with Crippen LogP contribution in [-0.2, 0) is 63.8 Å². The molecule has 0 saturated carbocycles. The lowest BCUT2D eigenvalue weighted by molar-refractivity contribution is -0.163. The van der Waals surface area contributed by atoms with Crippen LogP contribution < -0.4 is 20.7 Å². The summed E-state index contributed by atoms with van der Waals surface area (Å²) >= 11 is 0. The number of rotatable bonds is 15. The number of aliphatic hydroxyl groups excluding tert-OH is 2. The molecule has 440 valence electrons. The van der Waals surface area contributed by atoms with Crippen molar-refractivity contribution in [1.29, 1.82) is 0 Å². The number of nitrogens with zero attached hydrogens (tertiary/aromatic N) is 4. The van der Waals surface area contributed by atoms with Crippen LogP contribution in [-0.4, -0.2) is 190 Å². The first kappa shape index (κ1) is 65.1. The van der Waals surface area contributed by atoms with Gasteiger partial charge in [0.05, 0.1) is 31.6 Å². The van der Waals surface area contributed by atoms with Crippen molar-refractivity contribution in [1.82, 2.24) is 35.6 Å². The van der Waals surface area contributed by atoms with Crippen LogP contribution in [0.2, 0.25) is 0 Å². The van der Waals surface area contributed by atoms with Crippen molar-refractivity contribution in [2.75, 3.05) is 34.3 Å². The number of ether oxygens (including phenoxy) is 3. The van der Waals surface area contributed by atoms with Gasteiger partial charge in [0.1, 0.15) is 54.2 Å². The highest BCUT2D eigenvalue weighted by molar-refractivity contribution is 6.05. The fourth-order valence-corrected chi connectivity index (χ4v) is 10.2. The lowest BCUT2D eigenvalue weighted by Gasteiger charge is -2.36. The summed E-state index contributed by atoms with van der Waals surface area (Å²) in [4.78, 5) is 148. The molecule has 0 radical (unpaired) electrons. The van der Waals surface area contributed by atoms with E-state index < -0.39 is 150 Å². The Labute approximate surface area is 465 Å². The zero-order chi connectivity index (χ0) is 59.3. The molecule has 22 nitrogen and oxygen atoms in total. The number of fused-ring (bicyclic) bond motifs is 1. The second-order valence-electron chi connectivity index (χ2n) is 22.6. The average Bonchev–Trinajstić information content (AvgIpc) is 4.13. The Kier molecular flexibility index (Phi) is 24.0. The Hall–Kier alpha value is -6.42. The average molecular weight is 1110 g/mol. The SMILES string of the molecule is CC[C@H](C)[C@H]1NC(=O)[C@H](NC(=O)[C@@H](CC(C)C)N(C)C(=O)[C@@H]2C=CCN2C(=O)[C@@H](C)O)[C@@H](C)OC(=O)[C@H](Cc2ccc(OC)cc2)N(C)C(=O)[C@@H]2CCCN2C(=O)[C@H](CC(C)C)NC(=O)[C@@H](C)C(=O)[C@H](C(C)C)OC(=O)C[C@@H]1O. The van der Waals surface area contributed by atoms with Crippen molar-refractivity contribution < 1.29 is 72.4 Å². The molecule has 0 bridgehead atoms. The number of aliphatic hydroxyl groups is 2. The monoisotopic (exact) mass is 1110 g/mol. The van der Waals surface area contributed by atoms with E-state index in [0.29, 0.717) is 24.2 Å². The molecule has 3 aliphatic rings. The number of Topliss-reactive ketones (excluding diaryl/α,β-unsaturated/α-hetero) is 1. The Balaban J connectivity index is 1.89. The Morgan fingerprint density at radius 2 is 1.54 bits per heavy atom. The highest BCUT2D eigenvalue weighted by Gasteiger charge is 2.45. The number of carbonyl (C=O) groups is 10. The van der Waals surface area contributed by atoms with Gasteiger partial charge in [-0.25, -0.2) is 4.79 Å². The minimum absolute atomic E-state index is 0.0330. The number of carbonyl (C=O) groups excluding carboxylic acids is 10. The summed E-state index contributed by atoms with van der Waals surface area (Å²) in [5.74, 6) is -10.5. The molecule has 5 N–H and O–H groups in total. The van der Waals surface area contributed by atoms with Crippen molar-refractivity contribution in [3.63, 3.8) is 0 Å². The van der Waals surface area contributed by atoms with Crippen molar-refractivity contribution in [2.45, 2.75) is 188 Å². The quantitative estimate of drug-likeness (QED) is 0.0955. The number of esters is 2. The molecular weight excluding hydrogens is 1020 g/mol. The van der Waals surface area contributed by atoms with Gasteiger partial charge in [-0.3, -0.25) is 43.2 Å². The van der Waals surface area contributed by atoms with Gasteiger partial charge in [-0.15, -0.1) is 0 Å². The lowest BCUT2D eigenvalue weighted by atomic mass is 9.91. The standard InChI is InChI=1S/C57H87N7O15/c1-15-33(8)46-44(66)29-45(67)79-49(32(6)7)48(68)34(9)50(69)58-39(26-30(2)3)54(73)64-25-17-19-41(64)56(75)62(13)43(28-37-20-22-38(77-14)23-21-37)57(76)78-36(11)47(52(71)59-46)60-51(70)42(27-31(4)5)61(12)55(74)40-18-16-24-63(40)53(72)35(10)65/h16,18,20-23,30-36,39-44,46-47,49,65-66H,15,17,19,24-29H2,1-14H3,(H,58,69)(H,59,71)(H,60,70)/t33-,34-,35+,36+,39-,40-,41-,42+,43-,44-,46+,47+,49-/m0/s1. The topological polar surface area (TPSA) is 288 Å². The van der Waals surface area contributed by atoms with E-state index >= 15 is 0 Å². The maximum absolute atomic E-state index is 15.0. The minimum Gasteiger partial charge on any atom is -0.497 e. The van der Waals surface area contributed by atoms with Gasteiger partial charge in [0.15, 0.2) is 11.9 Å². The highest BCUT2D eigenvalue weighted by atomic mass is 16.6. The van der Waals surface area contributed by atoms with Crippen molar-refractivity contribution in [3.05, 3.63) is 42.0 Å². The molecule has 1 aromatic carbocycles. The first-order valence-corrected chi connectivity index (χ1v) is 27.7. The molecule has 13 atom stereocenters. The third-order valence-electron chi connectivity index (χ3n) is 15.2. The van der Waals surface area contributed by atoms with Crippen LogP contribution in [0.5, 0.6) is 5.75 Å². The molecule has 3 aliphatic heterocycles. The van der Waals surface area contributed by atoms with E-state index in [2.05, 4.69) is 16.0 Å². The van der Waals surface area contributed by atoms with Gasteiger partial charge in [0, 0.05) is 33.6 Å². The van der Waals surface area contributed by atoms with Gasteiger partial charge < -0.3 is 60.0 Å². The molecule has 0 aromatic heterocycles. The summed E-state index contributed by atoms with van der Waals surface area (Å²) in [6, 6.07) is -2.45. The van der Waals surface area contributed by atoms with E-state index in [9.17, 15) is 58.2 Å². The zero-order valence-electron chi connectivity index (χ0n) is 48.6. The van der Waals surface area contributed by atoms with Crippen molar-refractivity contribution >= 4 is 59.1 Å². The molecule has 7 amide bonds. The van der Waals surface area contributed by atoms with Crippen molar-refractivity contribution in [3.8, 4) is 5.75 Å². The van der Waals surface area contributed by atoms with Crippen molar-refractivity contribution in [2.24, 2.45) is 29.6 Å². The van der Waals surface area contributed by atoms with Crippen LogP contribution in [0, 0.1) is 29.6 Å². The highest BCUT2D eigenvalue weighted by Crippen LogP contribution is 2.27. The number of likely N-dealkylation sites (N-methyl/N-ethyl adjacent to an activating group) is 2. The molecule has 2 saturated heterocycles. The summed E-state index contributed by atoms with van der Waals surface area (Å²) in [5, 5.41) is 30.2. The number of hydrogen-bond donors (Lipinski definition) is 5. The van der Waals surface area contributed by atoms with E-state index in [4.69, 9.17) is 14.2 Å². The molecule has 1 aromatic rings. The van der Waals surface area contributed by atoms with Crippen LogP contribution in [0.15, 0.2) is 36.4 Å². The maximum atomic E-state index is 15.0. The number of amides is 7. The number of methoxy groups -OCH3 is 1. The molecule has 3 heterocycles. The van der Waals surface area contributed by atoms with Gasteiger partial charge in [-0.1, -0.05) is 86.1 Å². The van der Waals surface area contributed by atoms with Crippen LogP contribution in [0.1, 0.15) is 120 Å². The minimum atomic E-state index is -1.78. The molecule has 22 heteroatoms. The fourth-order valence-electron chi connectivity index (χ4n) is 10.2. The van der Waals surface area contributed by atoms with Gasteiger partial charge in [-0.2, -0.15) is 0 Å². The second-order valence-corrected chi connectivity index (χ2v) is 22.6. The maximum Gasteiger partial charge on any atom is 0.329 e. The lowest BCUT2D eigenvalue weighted by Crippen LogP contribution is -2.62. The Morgan fingerprint density at radius 1 is 0.899 bits per heavy atom. The normalized spacial score (nSPS) is 27.5. The largest absolute Gasteiger partial charge is 0.497 e. The number of ketones is 1. The number of benzene rings is 1. The van der Waals surface area contributed by atoms with Crippen LogP contribution in [0.4, 0.5) is 0 Å². The van der Waals surface area contributed by atoms with Gasteiger partial charge in [0.2, 0.25) is 35.4 Å². The third kappa shape index (κ3) is 16.8. The van der Waals surface area contributed by atoms with E-state index in [1.807, 2.05) is 27.7 Å². The molecular formula is C57H87N7O15. The first-order chi connectivity index (χ1) is 37.0. The summed E-state index contributed by atoms with van der Waals surface area (Å²) in [7, 11) is 4.25. The summed E-state index contributed by atoms with van der Waals surface area (Å²) < 4.78 is 17.2. The summed E-state index contributed by atoms with van der Waals surface area (Å²) in [6.45, 7) is 18.1. The summed E-state index contributed by atoms with van der Waals surface area (Å²) in [6.07, 6.45) is -2.77. The van der Waals surface area contributed by atoms with Crippen LogP contribution in [0.25, 0.3) is 0 Å². The number of hydrogen-bond acceptors (Lipinski definition) is 15. The van der Waals surface area contributed by atoms with Gasteiger partial charge in [-0.05, 0) is 87.8 Å². The fraction of sp³-hybridized carbons (Fsp3) is 0.684. The van der Waals surface area contributed by atoms with E-state index in [0.717, 1.165) is 4.90 Å². The molecule has 0 aliphatic carbocycles. The third-order valence-corrected chi connectivity index (χ3v) is 15.2. The predicted octanol–water partition coefficient (Wildman–Crippen LogP) is 2.09. The molecule has 0 unspecified atom stereocenters. The Morgan fingerprint density at radius 3 is 2.11 bits per heavy atom. The molecule has 79 heavy (non-hydrogen) atoms. The molecule has 0 spiro atoms. The van der Waals surface area contributed by atoms with E-state index in [1.165, 1.54) is 62.8 Å². The zero-order valence-corrected chi connectivity index (χ0v) is 48.6. The Bertz CT molecular complexity index is 2380. The van der Waals surface area contributed by atoms with Gasteiger partial charge in [0.25, 0.3) is 5.91 Å². The molecule has 4 rings (SSSR count). The first-order valence-electron chi connectivity index (χ1n) is 27.7. The van der Waals surface area contributed by atoms with Gasteiger partial charge >= 0.3 is 11.9 Å². The van der Waals surface area contributed by atoms with Crippen LogP contribution >= 0.6 is 0 Å². The summed E-state index contributed by atoms with van der Waals surface area (Å²) in [5.41, 5.74) is 0.566. The molecule has 2 fully saturated rings. The number of cyclic esters (lactones) is 2. The second kappa shape index (κ2) is 29.2. The van der Waals surface area contributed by atoms with E-state index in [1.54, 1.807) is 58.0 Å². The van der Waals surface area contributed by atoms with Crippen LogP contribution in [0.3, 0.4) is 0 Å². The smallest absolute Gasteiger partial charge is 0.329 e.